The van der Waals surface area contributed by atoms with Crippen LogP contribution in [0.15, 0.2) is 30.3 Å². The highest BCUT2D eigenvalue weighted by Crippen LogP contribution is 2.20. The van der Waals surface area contributed by atoms with Crippen LogP contribution in [0.3, 0.4) is 0 Å². The quantitative estimate of drug-likeness (QED) is 0.694. The number of carbonyl (C=O) groups excluding carboxylic acids is 1. The minimum Gasteiger partial charge on any atom is -0.353 e. The number of amides is 2. The monoisotopic (exact) mass is 427 g/mol. The molecule has 1 saturated heterocycles. The van der Waals surface area contributed by atoms with Gasteiger partial charge in [-0.2, -0.15) is 5.10 Å². The van der Waals surface area contributed by atoms with E-state index in [4.69, 9.17) is 0 Å². The molecule has 3 heterocycles. The number of aromatic nitrogens is 4. The van der Waals surface area contributed by atoms with E-state index in [0.29, 0.717) is 37.8 Å². The van der Waals surface area contributed by atoms with Crippen LogP contribution in [-0.4, -0.2) is 56.9 Å². The Bertz CT molecular complexity index is 1100. The highest BCUT2D eigenvalue weighted by molar-refractivity contribution is 5.89. The molecule has 162 valence electrons. The van der Waals surface area contributed by atoms with Crippen molar-refractivity contribution in [3.63, 3.8) is 0 Å². The first-order valence-corrected chi connectivity index (χ1v) is 9.95. The molecule has 0 atom stereocenters. The molecule has 2 amide bonds. The summed E-state index contributed by atoms with van der Waals surface area (Å²) in [6.45, 7) is 7.76. The van der Waals surface area contributed by atoms with Crippen LogP contribution in [0.5, 0.6) is 0 Å². The molecule has 31 heavy (non-hydrogen) atoms. The number of nitrogens with one attached hydrogen (secondary N) is 1. The number of carbonyl (C=O) groups is 1. The lowest BCUT2D eigenvalue weighted by molar-refractivity contribution is 0.208. The van der Waals surface area contributed by atoms with Crippen LogP contribution in [0.2, 0.25) is 0 Å². The van der Waals surface area contributed by atoms with Gasteiger partial charge in [-0.15, -0.1) is 0 Å². The van der Waals surface area contributed by atoms with Crippen LogP contribution in [-0.2, 0) is 0 Å². The van der Waals surface area contributed by atoms with Crippen LogP contribution in [0.4, 0.5) is 25.1 Å². The molecule has 0 spiro atoms. The minimum absolute atomic E-state index is 0.0888. The average Bonchev–Trinajstić information content (AvgIpc) is 3.05. The number of anilines is 2. The predicted molar refractivity (Wildman–Crippen MR) is 113 cm³/mol. The molecule has 1 aliphatic heterocycles. The van der Waals surface area contributed by atoms with Crippen LogP contribution in [0, 0.1) is 32.4 Å². The Morgan fingerprint density at radius 3 is 2.16 bits per heavy atom. The zero-order chi connectivity index (χ0) is 22.1. The number of hydrogen-bond acceptors (Lipinski definition) is 5. The molecular formula is C21H23F2N7O. The van der Waals surface area contributed by atoms with E-state index in [1.165, 1.54) is 0 Å². The van der Waals surface area contributed by atoms with Crippen LogP contribution >= 0.6 is 0 Å². The lowest BCUT2D eigenvalue weighted by atomic mass is 10.3. The summed E-state index contributed by atoms with van der Waals surface area (Å²) in [7, 11) is 0. The number of aryl methyl sites for hydroxylation is 3. The van der Waals surface area contributed by atoms with Gasteiger partial charge in [0.05, 0.1) is 5.69 Å². The van der Waals surface area contributed by atoms with Gasteiger partial charge in [0.15, 0.2) is 5.82 Å². The van der Waals surface area contributed by atoms with E-state index in [0.717, 1.165) is 35.4 Å². The van der Waals surface area contributed by atoms with E-state index in [2.05, 4.69) is 25.3 Å². The van der Waals surface area contributed by atoms with Crippen molar-refractivity contribution >= 4 is 17.5 Å². The first kappa shape index (κ1) is 20.7. The van der Waals surface area contributed by atoms with Crippen molar-refractivity contribution in [3.8, 4) is 5.82 Å². The molecule has 10 heteroatoms. The number of hydrogen-bond donors (Lipinski definition) is 1. The van der Waals surface area contributed by atoms with Gasteiger partial charge in [0, 0.05) is 49.7 Å². The summed E-state index contributed by atoms with van der Waals surface area (Å²) < 4.78 is 28.5. The summed E-state index contributed by atoms with van der Waals surface area (Å²) in [6, 6.07) is 6.41. The summed E-state index contributed by atoms with van der Waals surface area (Å²) in [5.41, 5.74) is 1.98. The third-order valence-electron chi connectivity index (χ3n) is 5.04. The number of urea groups is 1. The summed E-state index contributed by atoms with van der Waals surface area (Å²) in [6.07, 6.45) is 0. The number of benzene rings is 1. The molecule has 0 aliphatic carbocycles. The zero-order valence-electron chi connectivity index (χ0n) is 17.6. The second kappa shape index (κ2) is 8.29. The molecule has 0 unspecified atom stereocenters. The zero-order valence-corrected chi connectivity index (χ0v) is 17.6. The molecule has 1 N–H and O–H groups in total. The third kappa shape index (κ3) is 4.62. The standard InChI is InChI=1S/C21H23F2N7O/c1-13-8-14(2)30(27-13)20-12-19(24-15(3)25-20)28-4-6-29(7-5-28)21(31)26-18-10-16(22)9-17(23)11-18/h8-12H,4-7H2,1-3H3,(H,26,31). The Labute approximate surface area is 178 Å². The first-order valence-electron chi connectivity index (χ1n) is 9.95. The normalized spacial score (nSPS) is 14.1. The van der Waals surface area contributed by atoms with Gasteiger partial charge < -0.3 is 15.1 Å². The molecule has 2 aromatic heterocycles. The molecular weight excluding hydrogens is 404 g/mol. The van der Waals surface area contributed by atoms with Gasteiger partial charge >= 0.3 is 6.03 Å². The Morgan fingerprint density at radius 1 is 0.903 bits per heavy atom. The van der Waals surface area contributed by atoms with Gasteiger partial charge in [0.2, 0.25) is 0 Å². The molecule has 0 radical (unpaired) electrons. The van der Waals surface area contributed by atoms with E-state index < -0.39 is 17.7 Å². The van der Waals surface area contributed by atoms with Crippen molar-refractivity contribution in [2.75, 3.05) is 36.4 Å². The fourth-order valence-electron chi connectivity index (χ4n) is 3.64. The van der Waals surface area contributed by atoms with Crippen LogP contribution in [0.1, 0.15) is 17.2 Å². The Hall–Kier alpha value is -3.56. The van der Waals surface area contributed by atoms with Crippen molar-refractivity contribution in [2.45, 2.75) is 20.8 Å². The highest BCUT2D eigenvalue weighted by atomic mass is 19.1. The molecule has 0 saturated carbocycles. The van der Waals surface area contributed by atoms with E-state index in [1.807, 2.05) is 32.9 Å². The molecule has 0 bridgehead atoms. The van der Waals surface area contributed by atoms with Crippen molar-refractivity contribution in [2.24, 2.45) is 0 Å². The fraction of sp³-hybridized carbons (Fsp3) is 0.333. The van der Waals surface area contributed by atoms with Gasteiger partial charge in [-0.25, -0.2) is 28.2 Å². The summed E-state index contributed by atoms with van der Waals surface area (Å²) in [5, 5.41) is 7.04. The largest absolute Gasteiger partial charge is 0.353 e. The van der Waals surface area contributed by atoms with E-state index in [1.54, 1.807) is 9.58 Å². The van der Waals surface area contributed by atoms with Crippen molar-refractivity contribution in [1.29, 1.82) is 0 Å². The lowest BCUT2D eigenvalue weighted by Crippen LogP contribution is -2.50. The van der Waals surface area contributed by atoms with Crippen molar-refractivity contribution < 1.29 is 13.6 Å². The fourth-order valence-corrected chi connectivity index (χ4v) is 3.64. The Balaban J connectivity index is 1.44. The van der Waals surface area contributed by atoms with Gasteiger partial charge in [-0.1, -0.05) is 0 Å². The number of piperazine rings is 1. The second-order valence-electron chi connectivity index (χ2n) is 7.53. The predicted octanol–water partition coefficient (Wildman–Crippen LogP) is 3.22. The smallest absolute Gasteiger partial charge is 0.321 e. The first-order chi connectivity index (χ1) is 14.8. The SMILES string of the molecule is Cc1cc(C)n(-c2cc(N3CCN(C(=O)Nc4cc(F)cc(F)c4)CC3)nc(C)n2)n1. The maximum absolute atomic E-state index is 13.3. The topological polar surface area (TPSA) is 79.2 Å². The summed E-state index contributed by atoms with van der Waals surface area (Å²) >= 11 is 0. The molecule has 4 rings (SSSR count). The van der Waals surface area contributed by atoms with E-state index in [9.17, 15) is 13.6 Å². The third-order valence-corrected chi connectivity index (χ3v) is 5.04. The van der Waals surface area contributed by atoms with E-state index in [-0.39, 0.29) is 5.69 Å². The summed E-state index contributed by atoms with van der Waals surface area (Å²) in [5.74, 6) is 0.618. The Kier molecular flexibility index (Phi) is 5.53. The average molecular weight is 427 g/mol. The number of halogens is 2. The molecule has 1 aliphatic rings. The van der Waals surface area contributed by atoms with Gasteiger partial charge in [0.1, 0.15) is 23.3 Å². The molecule has 8 nitrogen and oxygen atoms in total. The van der Waals surface area contributed by atoms with Gasteiger partial charge in [0.25, 0.3) is 0 Å². The van der Waals surface area contributed by atoms with Gasteiger partial charge in [-0.05, 0) is 39.0 Å². The van der Waals surface area contributed by atoms with E-state index >= 15 is 0 Å². The van der Waals surface area contributed by atoms with Crippen LogP contribution < -0.4 is 10.2 Å². The second-order valence-corrected chi connectivity index (χ2v) is 7.53. The number of rotatable bonds is 3. The molecule has 1 aromatic carbocycles. The maximum atomic E-state index is 13.3. The maximum Gasteiger partial charge on any atom is 0.321 e. The van der Waals surface area contributed by atoms with Gasteiger partial charge in [-0.3, -0.25) is 0 Å². The highest BCUT2D eigenvalue weighted by Gasteiger charge is 2.23. The Morgan fingerprint density at radius 2 is 1.55 bits per heavy atom. The van der Waals surface area contributed by atoms with Crippen molar-refractivity contribution in [1.82, 2.24) is 24.6 Å². The molecule has 1 fully saturated rings. The molecule has 3 aromatic rings. The summed E-state index contributed by atoms with van der Waals surface area (Å²) in [4.78, 5) is 25.2. The number of nitrogens with zero attached hydrogens (tertiary/aromatic N) is 6. The minimum atomic E-state index is -0.738. The van der Waals surface area contributed by atoms with Crippen molar-refractivity contribution in [3.05, 3.63) is 59.2 Å². The van der Waals surface area contributed by atoms with Crippen LogP contribution in [0.25, 0.3) is 5.82 Å². The lowest BCUT2D eigenvalue weighted by Gasteiger charge is -2.35.